The van der Waals surface area contributed by atoms with Gasteiger partial charge in [-0.1, -0.05) is 56.0 Å². The van der Waals surface area contributed by atoms with Crippen LogP contribution >= 0.6 is 0 Å². The van der Waals surface area contributed by atoms with Crippen molar-refractivity contribution in [2.75, 3.05) is 7.05 Å². The third kappa shape index (κ3) is 4.73. The van der Waals surface area contributed by atoms with E-state index in [9.17, 15) is 0 Å². The third-order valence-electron chi connectivity index (χ3n) is 3.52. The maximum absolute atomic E-state index is 6.17. The summed E-state index contributed by atoms with van der Waals surface area (Å²) in [4.78, 5) is 0. The van der Waals surface area contributed by atoms with Crippen LogP contribution < -0.4 is 11.6 Å². The van der Waals surface area contributed by atoms with Gasteiger partial charge in [0.1, 0.15) is 0 Å². The number of rotatable bonds is 7. The molecule has 0 fully saturated rings. The van der Waals surface area contributed by atoms with Crippen LogP contribution in [0.5, 0.6) is 0 Å². The van der Waals surface area contributed by atoms with E-state index >= 15 is 0 Å². The summed E-state index contributed by atoms with van der Waals surface area (Å²) in [6.45, 7) is 12.1. The second-order valence-corrected chi connectivity index (χ2v) is 5.38. The standard InChI is InChI=1S/C20H27N3/c1-6-9-17(12-13-21)19(16(4)7-2)20(23(5)22)18-11-8-10-15(3)14-18/h6,8-14H,1,4,7,21-22H2,2-3,5H3/b13-12-,17-9+,20-19+. The summed E-state index contributed by atoms with van der Waals surface area (Å²) >= 11 is 0. The zero-order chi connectivity index (χ0) is 17.4. The minimum atomic E-state index is 0.811. The van der Waals surface area contributed by atoms with E-state index in [0.29, 0.717) is 0 Å². The Morgan fingerprint density at radius 3 is 2.52 bits per heavy atom. The van der Waals surface area contributed by atoms with E-state index in [-0.39, 0.29) is 0 Å². The van der Waals surface area contributed by atoms with Gasteiger partial charge in [-0.15, -0.1) is 0 Å². The lowest BCUT2D eigenvalue weighted by atomic mass is 9.91. The van der Waals surface area contributed by atoms with Crippen molar-refractivity contribution in [2.45, 2.75) is 20.3 Å². The molecule has 0 aromatic heterocycles. The molecule has 0 aliphatic rings. The number of benzene rings is 1. The van der Waals surface area contributed by atoms with E-state index in [1.807, 2.05) is 31.3 Å². The predicted octanol–water partition coefficient (Wildman–Crippen LogP) is 4.06. The van der Waals surface area contributed by atoms with Gasteiger partial charge in [0.2, 0.25) is 0 Å². The van der Waals surface area contributed by atoms with Crippen molar-refractivity contribution in [1.82, 2.24) is 5.01 Å². The maximum Gasteiger partial charge on any atom is 0.0667 e. The Balaban J connectivity index is 3.78. The molecule has 0 saturated heterocycles. The second-order valence-electron chi connectivity index (χ2n) is 5.38. The van der Waals surface area contributed by atoms with Crippen molar-refractivity contribution < 1.29 is 0 Å². The molecule has 1 rings (SSSR count). The largest absolute Gasteiger partial charge is 0.405 e. The first-order chi connectivity index (χ1) is 11.0. The number of nitrogens with two attached hydrogens (primary N) is 2. The number of allylic oxidation sites excluding steroid dienone is 6. The maximum atomic E-state index is 6.17. The summed E-state index contributed by atoms with van der Waals surface area (Å²) in [6, 6.07) is 8.24. The highest BCUT2D eigenvalue weighted by Crippen LogP contribution is 2.32. The lowest BCUT2D eigenvalue weighted by molar-refractivity contribution is 0.508. The lowest BCUT2D eigenvalue weighted by Gasteiger charge is -2.24. The first-order valence-electron chi connectivity index (χ1n) is 7.65. The molecular formula is C20H27N3. The number of aryl methyl sites for hydroxylation is 1. The molecule has 0 atom stereocenters. The quantitative estimate of drug-likeness (QED) is 0.453. The van der Waals surface area contributed by atoms with Crippen LogP contribution in [0, 0.1) is 6.92 Å². The van der Waals surface area contributed by atoms with Gasteiger partial charge in [0.15, 0.2) is 0 Å². The van der Waals surface area contributed by atoms with Crippen molar-refractivity contribution in [2.24, 2.45) is 11.6 Å². The van der Waals surface area contributed by atoms with Gasteiger partial charge >= 0.3 is 0 Å². The molecule has 1 aromatic rings. The Morgan fingerprint density at radius 1 is 1.35 bits per heavy atom. The molecule has 0 spiro atoms. The summed E-state index contributed by atoms with van der Waals surface area (Å²) in [5.41, 5.74) is 11.6. The SMILES string of the molecule is C=C/C=C(\C=C/N)C(/C(=C)CC)=C(\c1cccc(C)c1)N(C)N. The van der Waals surface area contributed by atoms with Crippen LogP contribution in [0.2, 0.25) is 0 Å². The third-order valence-corrected chi connectivity index (χ3v) is 3.52. The Morgan fingerprint density at radius 2 is 2.04 bits per heavy atom. The fourth-order valence-electron chi connectivity index (χ4n) is 2.45. The zero-order valence-electron chi connectivity index (χ0n) is 14.3. The van der Waals surface area contributed by atoms with Gasteiger partial charge in [-0.25, -0.2) is 5.84 Å². The molecular weight excluding hydrogens is 282 g/mol. The van der Waals surface area contributed by atoms with Crippen molar-refractivity contribution in [3.05, 3.63) is 89.7 Å². The molecule has 0 radical (unpaired) electrons. The normalized spacial score (nSPS) is 13.0. The molecule has 0 unspecified atom stereocenters. The highest BCUT2D eigenvalue weighted by atomic mass is 15.4. The van der Waals surface area contributed by atoms with Crippen LogP contribution in [-0.4, -0.2) is 12.1 Å². The van der Waals surface area contributed by atoms with Crippen LogP contribution in [-0.2, 0) is 0 Å². The van der Waals surface area contributed by atoms with Crippen LogP contribution in [0.15, 0.2) is 78.6 Å². The van der Waals surface area contributed by atoms with Crippen molar-refractivity contribution in [3.63, 3.8) is 0 Å². The zero-order valence-corrected chi connectivity index (χ0v) is 14.3. The molecule has 0 heterocycles. The Bertz CT molecular complexity index is 661. The molecule has 122 valence electrons. The Labute approximate surface area is 140 Å². The monoisotopic (exact) mass is 309 g/mol. The van der Waals surface area contributed by atoms with Gasteiger partial charge in [0.05, 0.1) is 5.70 Å². The fraction of sp³-hybridized carbons (Fsp3) is 0.200. The van der Waals surface area contributed by atoms with Crippen molar-refractivity contribution in [3.8, 4) is 0 Å². The first-order valence-corrected chi connectivity index (χ1v) is 7.65. The summed E-state index contributed by atoms with van der Waals surface area (Å²) in [5.74, 6) is 6.17. The van der Waals surface area contributed by atoms with E-state index in [1.165, 1.54) is 11.8 Å². The highest BCUT2D eigenvalue weighted by Gasteiger charge is 2.16. The van der Waals surface area contributed by atoms with Gasteiger partial charge in [-0.05, 0) is 42.8 Å². The van der Waals surface area contributed by atoms with E-state index in [0.717, 1.165) is 34.4 Å². The first kappa shape index (κ1) is 18.5. The van der Waals surface area contributed by atoms with Gasteiger partial charge in [0.25, 0.3) is 0 Å². The molecule has 0 aliphatic heterocycles. The van der Waals surface area contributed by atoms with Gasteiger partial charge in [-0.3, -0.25) is 0 Å². The smallest absolute Gasteiger partial charge is 0.0667 e. The summed E-state index contributed by atoms with van der Waals surface area (Å²) < 4.78 is 0. The van der Waals surface area contributed by atoms with Crippen molar-refractivity contribution >= 4 is 5.70 Å². The minimum Gasteiger partial charge on any atom is -0.405 e. The van der Waals surface area contributed by atoms with E-state index < -0.39 is 0 Å². The Hall–Kier alpha value is -2.52. The Kier molecular flexibility index (Phi) is 7.10. The van der Waals surface area contributed by atoms with E-state index in [2.05, 4.69) is 39.1 Å². The molecule has 1 aromatic carbocycles. The van der Waals surface area contributed by atoms with E-state index in [4.69, 9.17) is 11.6 Å². The molecule has 0 saturated carbocycles. The van der Waals surface area contributed by atoms with Gasteiger partial charge in [-0.2, -0.15) is 0 Å². The van der Waals surface area contributed by atoms with E-state index in [1.54, 1.807) is 11.1 Å². The molecule has 0 amide bonds. The average molecular weight is 309 g/mol. The summed E-state index contributed by atoms with van der Waals surface area (Å²) in [7, 11) is 1.83. The van der Waals surface area contributed by atoms with Crippen LogP contribution in [0.4, 0.5) is 0 Å². The van der Waals surface area contributed by atoms with Crippen LogP contribution in [0.25, 0.3) is 5.70 Å². The lowest BCUT2D eigenvalue weighted by Crippen LogP contribution is -2.26. The molecule has 0 aliphatic carbocycles. The summed E-state index contributed by atoms with van der Waals surface area (Å²) in [5, 5.41) is 1.63. The van der Waals surface area contributed by atoms with Crippen molar-refractivity contribution in [1.29, 1.82) is 0 Å². The molecule has 23 heavy (non-hydrogen) atoms. The van der Waals surface area contributed by atoms with Gasteiger partial charge < -0.3 is 10.7 Å². The molecule has 3 nitrogen and oxygen atoms in total. The van der Waals surface area contributed by atoms with Crippen LogP contribution in [0.3, 0.4) is 0 Å². The molecule has 3 heteroatoms. The molecule has 0 bridgehead atoms. The number of hydrogen-bond donors (Lipinski definition) is 2. The fourth-order valence-corrected chi connectivity index (χ4v) is 2.45. The average Bonchev–Trinajstić information content (AvgIpc) is 2.51. The molecule has 4 N–H and O–H groups in total. The summed E-state index contributed by atoms with van der Waals surface area (Å²) in [6.07, 6.45) is 7.83. The predicted molar refractivity (Wildman–Crippen MR) is 101 cm³/mol. The minimum absolute atomic E-state index is 0.811. The highest BCUT2D eigenvalue weighted by molar-refractivity contribution is 5.77. The number of hydrogen-bond acceptors (Lipinski definition) is 3. The van der Waals surface area contributed by atoms with Crippen LogP contribution in [0.1, 0.15) is 24.5 Å². The number of hydrazine groups is 1. The van der Waals surface area contributed by atoms with Gasteiger partial charge in [0, 0.05) is 18.2 Å². The topological polar surface area (TPSA) is 55.3 Å². The second kappa shape index (κ2) is 8.81. The number of nitrogens with zero attached hydrogens (tertiary/aromatic N) is 1.